The topological polar surface area (TPSA) is 84.1 Å². The molecule has 0 spiro atoms. The van der Waals surface area contributed by atoms with Crippen LogP contribution < -0.4 is 5.32 Å². The second-order valence-corrected chi connectivity index (χ2v) is 5.31. The van der Waals surface area contributed by atoms with E-state index in [1.807, 2.05) is 0 Å². The molecule has 0 atom stereocenters. The number of benzene rings is 1. The highest BCUT2D eigenvalue weighted by molar-refractivity contribution is 5.99. The van der Waals surface area contributed by atoms with E-state index in [4.69, 9.17) is 0 Å². The third kappa shape index (κ3) is 4.91. The Hall–Kier alpha value is -2.70. The Kier molecular flexibility index (Phi) is 6.48. The minimum Gasteiger partial charge on any atom is -0.469 e. The second kappa shape index (κ2) is 8.81. The predicted molar refractivity (Wildman–Crippen MR) is 86.8 cm³/mol. The van der Waals surface area contributed by atoms with E-state index in [1.54, 1.807) is 12.1 Å². The predicted octanol–water partition coefficient (Wildman–Crippen LogP) is 2.68. The standard InChI is InChI=1S/C17H20FN3O3/c1-24-15(22)5-3-2-4-10-19-17(23)14-11-20-21-16(14)12-6-8-13(18)9-7-12/h6-9,11H,2-5,10H2,1H3,(H,19,23)(H,20,21). The number of nitrogens with zero attached hydrogens (tertiary/aromatic N) is 1. The molecule has 6 nitrogen and oxygen atoms in total. The zero-order valence-corrected chi connectivity index (χ0v) is 13.5. The summed E-state index contributed by atoms with van der Waals surface area (Å²) < 4.78 is 17.6. The first kappa shape index (κ1) is 17.7. The molecule has 0 bridgehead atoms. The zero-order valence-electron chi connectivity index (χ0n) is 13.5. The van der Waals surface area contributed by atoms with Crippen molar-refractivity contribution in [3.8, 4) is 11.3 Å². The number of amides is 1. The Bertz CT molecular complexity index is 683. The number of rotatable bonds is 8. The highest BCUT2D eigenvalue weighted by atomic mass is 19.1. The van der Waals surface area contributed by atoms with Crippen LogP contribution in [0, 0.1) is 5.82 Å². The summed E-state index contributed by atoms with van der Waals surface area (Å²) in [5.41, 5.74) is 1.66. The first-order chi connectivity index (χ1) is 11.6. The minimum absolute atomic E-state index is 0.221. The molecule has 0 unspecified atom stereocenters. The van der Waals surface area contributed by atoms with Crippen molar-refractivity contribution in [2.75, 3.05) is 13.7 Å². The van der Waals surface area contributed by atoms with Crippen molar-refractivity contribution in [3.63, 3.8) is 0 Å². The number of hydrogen-bond acceptors (Lipinski definition) is 4. The minimum atomic E-state index is -0.337. The highest BCUT2D eigenvalue weighted by Crippen LogP contribution is 2.21. The van der Waals surface area contributed by atoms with Crippen LogP contribution in [0.25, 0.3) is 11.3 Å². The van der Waals surface area contributed by atoms with Gasteiger partial charge in [-0.1, -0.05) is 6.42 Å². The SMILES string of the molecule is COC(=O)CCCCCNC(=O)c1cn[nH]c1-c1ccc(F)cc1. The van der Waals surface area contributed by atoms with E-state index >= 15 is 0 Å². The van der Waals surface area contributed by atoms with Crippen LogP contribution in [0.15, 0.2) is 30.5 Å². The summed E-state index contributed by atoms with van der Waals surface area (Å²) in [4.78, 5) is 23.2. The summed E-state index contributed by atoms with van der Waals surface area (Å²) in [6.07, 6.45) is 4.17. The van der Waals surface area contributed by atoms with Crippen LogP contribution in [0.3, 0.4) is 0 Å². The Morgan fingerprint density at radius 3 is 2.67 bits per heavy atom. The lowest BCUT2D eigenvalue weighted by Crippen LogP contribution is -2.24. The van der Waals surface area contributed by atoms with Gasteiger partial charge < -0.3 is 10.1 Å². The normalized spacial score (nSPS) is 10.4. The van der Waals surface area contributed by atoms with Crippen LogP contribution in [0.2, 0.25) is 0 Å². The lowest BCUT2D eigenvalue weighted by atomic mass is 10.1. The molecule has 1 aromatic carbocycles. The van der Waals surface area contributed by atoms with Crippen LogP contribution >= 0.6 is 0 Å². The van der Waals surface area contributed by atoms with Crippen molar-refractivity contribution in [1.82, 2.24) is 15.5 Å². The van der Waals surface area contributed by atoms with Crippen molar-refractivity contribution < 1.29 is 18.7 Å². The largest absolute Gasteiger partial charge is 0.469 e. The van der Waals surface area contributed by atoms with E-state index in [1.165, 1.54) is 25.4 Å². The number of esters is 1. The molecule has 1 amide bonds. The van der Waals surface area contributed by atoms with Crippen molar-refractivity contribution in [2.45, 2.75) is 25.7 Å². The van der Waals surface area contributed by atoms with Crippen LogP contribution in [-0.4, -0.2) is 35.7 Å². The van der Waals surface area contributed by atoms with E-state index in [9.17, 15) is 14.0 Å². The quantitative estimate of drug-likeness (QED) is 0.574. The third-order valence-electron chi connectivity index (χ3n) is 3.59. The number of halogens is 1. The van der Waals surface area contributed by atoms with Gasteiger partial charge in [-0.3, -0.25) is 14.7 Å². The van der Waals surface area contributed by atoms with Gasteiger partial charge in [0.25, 0.3) is 5.91 Å². The fourth-order valence-corrected chi connectivity index (χ4v) is 2.27. The lowest BCUT2D eigenvalue weighted by molar-refractivity contribution is -0.140. The molecular weight excluding hydrogens is 313 g/mol. The lowest BCUT2D eigenvalue weighted by Gasteiger charge is -2.06. The molecule has 0 aliphatic heterocycles. The number of H-pyrrole nitrogens is 1. The molecule has 0 aliphatic rings. The Balaban J connectivity index is 1.82. The van der Waals surface area contributed by atoms with Gasteiger partial charge in [-0.15, -0.1) is 0 Å². The molecule has 1 heterocycles. The van der Waals surface area contributed by atoms with E-state index in [2.05, 4.69) is 20.3 Å². The molecule has 2 N–H and O–H groups in total. The monoisotopic (exact) mass is 333 g/mol. The summed E-state index contributed by atoms with van der Waals surface area (Å²) in [6.45, 7) is 0.508. The molecule has 7 heteroatoms. The van der Waals surface area contributed by atoms with Gasteiger partial charge in [-0.05, 0) is 37.1 Å². The number of unbranched alkanes of at least 4 members (excludes halogenated alkanes) is 2. The number of carbonyl (C=O) groups is 2. The average Bonchev–Trinajstić information content (AvgIpc) is 3.08. The molecule has 24 heavy (non-hydrogen) atoms. The summed E-state index contributed by atoms with van der Waals surface area (Å²) in [5, 5.41) is 9.48. The van der Waals surface area contributed by atoms with Crippen LogP contribution in [0.1, 0.15) is 36.0 Å². The molecule has 0 saturated heterocycles. The Labute approximate surface area is 139 Å². The summed E-state index contributed by atoms with van der Waals surface area (Å²) >= 11 is 0. The zero-order chi connectivity index (χ0) is 17.4. The fourth-order valence-electron chi connectivity index (χ4n) is 2.27. The average molecular weight is 333 g/mol. The van der Waals surface area contributed by atoms with E-state index in [0.29, 0.717) is 29.8 Å². The van der Waals surface area contributed by atoms with Gasteiger partial charge in [-0.2, -0.15) is 5.10 Å². The van der Waals surface area contributed by atoms with Crippen LogP contribution in [0.4, 0.5) is 4.39 Å². The van der Waals surface area contributed by atoms with Gasteiger partial charge in [-0.25, -0.2) is 4.39 Å². The number of aromatic amines is 1. The maximum Gasteiger partial charge on any atom is 0.305 e. The molecule has 1 aromatic heterocycles. The number of ether oxygens (including phenoxy) is 1. The first-order valence-electron chi connectivity index (χ1n) is 7.76. The molecule has 2 rings (SSSR count). The van der Waals surface area contributed by atoms with Crippen LogP contribution in [0.5, 0.6) is 0 Å². The summed E-state index contributed by atoms with van der Waals surface area (Å²) in [7, 11) is 1.37. The maximum absolute atomic E-state index is 13.0. The Morgan fingerprint density at radius 2 is 1.96 bits per heavy atom. The maximum atomic E-state index is 13.0. The fraction of sp³-hybridized carbons (Fsp3) is 0.353. The van der Waals surface area contributed by atoms with Gasteiger partial charge in [0, 0.05) is 18.5 Å². The number of methoxy groups -OCH3 is 1. The van der Waals surface area contributed by atoms with E-state index < -0.39 is 0 Å². The summed E-state index contributed by atoms with van der Waals surface area (Å²) in [6, 6.07) is 5.84. The van der Waals surface area contributed by atoms with Crippen molar-refractivity contribution >= 4 is 11.9 Å². The van der Waals surface area contributed by atoms with Gasteiger partial charge >= 0.3 is 5.97 Å². The molecule has 0 saturated carbocycles. The molecule has 0 fully saturated rings. The highest BCUT2D eigenvalue weighted by Gasteiger charge is 2.14. The Morgan fingerprint density at radius 1 is 1.21 bits per heavy atom. The van der Waals surface area contributed by atoms with Gasteiger partial charge in [0.05, 0.1) is 24.6 Å². The number of nitrogens with one attached hydrogen (secondary N) is 2. The first-order valence-corrected chi connectivity index (χ1v) is 7.76. The summed E-state index contributed by atoms with van der Waals surface area (Å²) in [5.74, 6) is -0.798. The smallest absolute Gasteiger partial charge is 0.305 e. The molecule has 0 aliphatic carbocycles. The third-order valence-corrected chi connectivity index (χ3v) is 3.59. The number of aromatic nitrogens is 2. The van der Waals surface area contributed by atoms with Crippen molar-refractivity contribution in [3.05, 3.63) is 41.8 Å². The molecular formula is C17H20FN3O3. The van der Waals surface area contributed by atoms with Crippen molar-refractivity contribution in [1.29, 1.82) is 0 Å². The number of hydrogen-bond donors (Lipinski definition) is 2. The molecule has 128 valence electrons. The van der Waals surface area contributed by atoms with Crippen molar-refractivity contribution in [2.24, 2.45) is 0 Å². The molecule has 0 radical (unpaired) electrons. The molecule has 2 aromatic rings. The van der Waals surface area contributed by atoms with Gasteiger partial charge in [0.15, 0.2) is 0 Å². The van der Waals surface area contributed by atoms with Gasteiger partial charge in [0.1, 0.15) is 5.82 Å². The van der Waals surface area contributed by atoms with E-state index in [0.717, 1.165) is 19.3 Å². The van der Waals surface area contributed by atoms with E-state index in [-0.39, 0.29) is 17.7 Å². The van der Waals surface area contributed by atoms with Gasteiger partial charge in [0.2, 0.25) is 0 Å². The van der Waals surface area contributed by atoms with Crippen LogP contribution in [-0.2, 0) is 9.53 Å². The number of carbonyl (C=O) groups excluding carboxylic acids is 2. The second-order valence-electron chi connectivity index (χ2n) is 5.31.